The number of halogens is 3. The molecule has 0 N–H and O–H groups in total. The van der Waals surface area contributed by atoms with E-state index in [1.165, 1.54) is 0 Å². The molecular weight excluding hydrogens is 448 g/mol. The molecule has 0 fully saturated rings. The predicted molar refractivity (Wildman–Crippen MR) is 81.4 cm³/mol. The number of hydrogen-bond donors (Lipinski definition) is 0. The smallest absolute Gasteiger partial charge is 0.209 e. The van der Waals surface area contributed by atoms with E-state index in [0.717, 1.165) is 0 Å². The highest BCUT2D eigenvalue weighted by molar-refractivity contribution is 9.11. The molecule has 0 saturated carbocycles. The molecule has 0 aliphatic heterocycles. The molecular formula is C12H7Br3O2S. The molecule has 2 rings (SSSR count). The molecule has 2 nitrogen and oxygen atoms in total. The summed E-state index contributed by atoms with van der Waals surface area (Å²) in [6.07, 6.45) is 0. The summed E-state index contributed by atoms with van der Waals surface area (Å²) in [7, 11) is -3.57. The molecule has 0 saturated heterocycles. The van der Waals surface area contributed by atoms with Crippen LogP contribution in [-0.2, 0) is 9.84 Å². The zero-order chi connectivity index (χ0) is 13.3. The second kappa shape index (κ2) is 5.45. The van der Waals surface area contributed by atoms with Gasteiger partial charge in [0.25, 0.3) is 0 Å². The molecule has 0 aliphatic rings. The topological polar surface area (TPSA) is 34.1 Å². The second-order valence-electron chi connectivity index (χ2n) is 3.48. The van der Waals surface area contributed by atoms with E-state index in [-0.39, 0.29) is 9.79 Å². The van der Waals surface area contributed by atoms with Gasteiger partial charge in [0.05, 0.1) is 4.90 Å². The standard InChI is InChI=1S/C12H7Br3O2S/c13-8-4-1-2-7-11(8)18(16,17)12-9(14)5-3-6-10(12)15/h1-7H. The average Bonchev–Trinajstić information content (AvgIpc) is 2.28. The largest absolute Gasteiger partial charge is 0.218 e. The highest BCUT2D eigenvalue weighted by Crippen LogP contribution is 2.36. The van der Waals surface area contributed by atoms with Crippen LogP contribution in [0.15, 0.2) is 65.7 Å². The predicted octanol–water partition coefficient (Wildman–Crippen LogP) is 4.81. The minimum absolute atomic E-state index is 0.233. The van der Waals surface area contributed by atoms with E-state index in [2.05, 4.69) is 47.8 Å². The quantitative estimate of drug-likeness (QED) is 0.652. The van der Waals surface area contributed by atoms with Gasteiger partial charge >= 0.3 is 0 Å². The fourth-order valence-corrected chi connectivity index (χ4v) is 6.16. The SMILES string of the molecule is O=S(=O)(c1ccccc1Br)c1c(Br)cccc1Br. The van der Waals surface area contributed by atoms with Crippen molar-refractivity contribution >= 4 is 57.6 Å². The van der Waals surface area contributed by atoms with E-state index in [0.29, 0.717) is 13.4 Å². The Morgan fingerprint density at radius 2 is 1.22 bits per heavy atom. The Hall–Kier alpha value is -0.170. The van der Waals surface area contributed by atoms with Gasteiger partial charge in [0.1, 0.15) is 4.90 Å². The Balaban J connectivity index is 2.75. The molecule has 6 heteroatoms. The number of benzene rings is 2. The first-order chi connectivity index (χ1) is 8.44. The minimum atomic E-state index is -3.57. The highest BCUT2D eigenvalue weighted by atomic mass is 79.9. The van der Waals surface area contributed by atoms with Gasteiger partial charge in [0.15, 0.2) is 0 Å². The van der Waals surface area contributed by atoms with Gasteiger partial charge in [-0.2, -0.15) is 0 Å². The van der Waals surface area contributed by atoms with E-state index in [1.807, 2.05) is 0 Å². The number of sulfone groups is 1. The summed E-state index contributed by atoms with van der Waals surface area (Å²) in [6, 6.07) is 11.9. The van der Waals surface area contributed by atoms with Gasteiger partial charge in [0, 0.05) is 13.4 Å². The molecule has 0 aromatic heterocycles. The fraction of sp³-hybridized carbons (Fsp3) is 0. The van der Waals surface area contributed by atoms with Gasteiger partial charge < -0.3 is 0 Å². The summed E-state index contributed by atoms with van der Waals surface area (Å²) in [5, 5.41) is 0. The van der Waals surface area contributed by atoms with E-state index in [1.54, 1.807) is 42.5 Å². The lowest BCUT2D eigenvalue weighted by Crippen LogP contribution is -2.04. The summed E-state index contributed by atoms with van der Waals surface area (Å²) in [5.74, 6) is 0. The van der Waals surface area contributed by atoms with Crippen molar-refractivity contribution in [2.24, 2.45) is 0 Å². The third-order valence-electron chi connectivity index (χ3n) is 2.31. The van der Waals surface area contributed by atoms with E-state index >= 15 is 0 Å². The maximum absolute atomic E-state index is 12.6. The Kier molecular flexibility index (Phi) is 4.31. The van der Waals surface area contributed by atoms with Gasteiger partial charge in [0.2, 0.25) is 9.84 Å². The molecule has 18 heavy (non-hydrogen) atoms. The van der Waals surface area contributed by atoms with Crippen LogP contribution in [0.1, 0.15) is 0 Å². The van der Waals surface area contributed by atoms with Crippen LogP contribution < -0.4 is 0 Å². The van der Waals surface area contributed by atoms with Crippen molar-refractivity contribution in [1.29, 1.82) is 0 Å². The lowest BCUT2D eigenvalue weighted by Gasteiger charge is -2.10. The van der Waals surface area contributed by atoms with Gasteiger partial charge in [-0.15, -0.1) is 0 Å². The van der Waals surface area contributed by atoms with Crippen LogP contribution in [0.2, 0.25) is 0 Å². The average molecular weight is 455 g/mol. The number of hydrogen-bond acceptors (Lipinski definition) is 2. The lowest BCUT2D eigenvalue weighted by molar-refractivity contribution is 0.594. The van der Waals surface area contributed by atoms with Crippen molar-refractivity contribution in [3.8, 4) is 0 Å². The van der Waals surface area contributed by atoms with Crippen molar-refractivity contribution in [3.05, 3.63) is 55.9 Å². The molecule has 2 aromatic rings. The summed E-state index contributed by atoms with van der Waals surface area (Å²) < 4.78 is 26.8. The molecule has 2 aromatic carbocycles. The first kappa shape index (κ1) is 14.2. The van der Waals surface area contributed by atoms with Crippen molar-refractivity contribution in [2.75, 3.05) is 0 Å². The minimum Gasteiger partial charge on any atom is -0.218 e. The van der Waals surface area contributed by atoms with Gasteiger partial charge in [-0.3, -0.25) is 0 Å². The van der Waals surface area contributed by atoms with Crippen molar-refractivity contribution < 1.29 is 8.42 Å². The van der Waals surface area contributed by atoms with Gasteiger partial charge in [-0.05, 0) is 72.1 Å². The van der Waals surface area contributed by atoms with E-state index < -0.39 is 9.84 Å². The van der Waals surface area contributed by atoms with Crippen molar-refractivity contribution in [3.63, 3.8) is 0 Å². The fourth-order valence-electron chi connectivity index (χ4n) is 1.51. The monoisotopic (exact) mass is 452 g/mol. The molecule has 0 amide bonds. The van der Waals surface area contributed by atoms with Gasteiger partial charge in [-0.25, -0.2) is 8.42 Å². The zero-order valence-corrected chi connectivity index (χ0v) is 14.5. The molecule has 0 atom stereocenters. The van der Waals surface area contributed by atoms with Crippen molar-refractivity contribution in [1.82, 2.24) is 0 Å². The van der Waals surface area contributed by atoms with Crippen LogP contribution in [0.25, 0.3) is 0 Å². The Morgan fingerprint density at radius 1 is 0.722 bits per heavy atom. The van der Waals surface area contributed by atoms with Crippen LogP contribution in [0, 0.1) is 0 Å². The van der Waals surface area contributed by atoms with E-state index in [9.17, 15) is 8.42 Å². The highest BCUT2D eigenvalue weighted by Gasteiger charge is 2.25. The summed E-state index contributed by atoms with van der Waals surface area (Å²) >= 11 is 9.83. The zero-order valence-electron chi connectivity index (χ0n) is 8.90. The molecule has 0 heterocycles. The molecule has 0 aliphatic carbocycles. The Bertz CT molecular complexity index is 676. The van der Waals surface area contributed by atoms with Crippen LogP contribution >= 0.6 is 47.8 Å². The molecule has 0 spiro atoms. The van der Waals surface area contributed by atoms with E-state index in [4.69, 9.17) is 0 Å². The second-order valence-corrected chi connectivity index (χ2v) is 7.90. The summed E-state index contributed by atoms with van der Waals surface area (Å²) in [4.78, 5) is 0.481. The molecule has 94 valence electrons. The first-order valence-corrected chi connectivity index (χ1v) is 8.74. The molecule has 0 radical (unpaired) electrons. The Labute approximate surface area is 131 Å². The van der Waals surface area contributed by atoms with Gasteiger partial charge in [-0.1, -0.05) is 18.2 Å². The van der Waals surface area contributed by atoms with Crippen molar-refractivity contribution in [2.45, 2.75) is 9.79 Å². The first-order valence-electron chi connectivity index (χ1n) is 4.88. The van der Waals surface area contributed by atoms with Crippen LogP contribution in [0.4, 0.5) is 0 Å². The Morgan fingerprint density at radius 3 is 1.78 bits per heavy atom. The van der Waals surface area contributed by atoms with Crippen LogP contribution in [-0.4, -0.2) is 8.42 Å². The normalized spacial score (nSPS) is 11.5. The maximum Gasteiger partial charge on any atom is 0.209 e. The molecule has 0 bridgehead atoms. The number of rotatable bonds is 2. The third-order valence-corrected chi connectivity index (χ3v) is 7.03. The van der Waals surface area contributed by atoms with Crippen LogP contribution in [0.5, 0.6) is 0 Å². The summed E-state index contributed by atoms with van der Waals surface area (Å²) in [6.45, 7) is 0. The third kappa shape index (κ3) is 2.57. The van der Waals surface area contributed by atoms with Crippen LogP contribution in [0.3, 0.4) is 0 Å². The lowest BCUT2D eigenvalue weighted by atomic mass is 10.4. The molecule has 0 unspecified atom stereocenters. The summed E-state index contributed by atoms with van der Waals surface area (Å²) in [5.41, 5.74) is 0. The maximum atomic E-state index is 12.6.